The molecular weight excluding hydrogens is 570 g/mol. The molecule has 0 aliphatic heterocycles. The number of halogens is 1. The molecule has 0 aliphatic carbocycles. The van der Waals surface area contributed by atoms with Gasteiger partial charge < -0.3 is 5.11 Å². The molecule has 6 heteroatoms. The first-order valence-electron chi connectivity index (χ1n) is 12.5. The normalized spacial score (nSPS) is 13.6. The van der Waals surface area contributed by atoms with Crippen LogP contribution in [0, 0.1) is 18.8 Å². The van der Waals surface area contributed by atoms with Crippen molar-refractivity contribution in [2.45, 2.75) is 29.9 Å². The van der Waals surface area contributed by atoms with Gasteiger partial charge in [-0.15, -0.1) is 6.58 Å². The monoisotopic (exact) mass is 599 g/mol. The summed E-state index contributed by atoms with van der Waals surface area (Å²) in [7, 11) is -4.05. The van der Waals surface area contributed by atoms with E-state index in [9.17, 15) is 13.5 Å². The van der Waals surface area contributed by atoms with Gasteiger partial charge in [0.25, 0.3) is 0 Å². The standard InChI is InChI=1S/C33H30BrNO3S/c1-3-24-35(39(37,38)31-20-14-26(2)15-21-31)32(25-28-10-6-4-7-11-28)33(36,29-12-8-5-9-13-29)23-22-27-16-18-30(34)19-17-27/h3-21,32,36H,1,24-25H2,2H3. The highest BCUT2D eigenvalue weighted by molar-refractivity contribution is 9.10. The Hall–Kier alpha value is -3.47. The van der Waals surface area contributed by atoms with Crippen LogP contribution in [0.1, 0.15) is 22.3 Å². The average Bonchev–Trinajstić information content (AvgIpc) is 2.95. The highest BCUT2D eigenvalue weighted by Crippen LogP contribution is 2.34. The quantitative estimate of drug-likeness (QED) is 0.177. The molecule has 2 atom stereocenters. The van der Waals surface area contributed by atoms with Gasteiger partial charge in [0, 0.05) is 16.6 Å². The molecule has 0 saturated carbocycles. The third-order valence-electron chi connectivity index (χ3n) is 6.49. The second kappa shape index (κ2) is 12.6. The number of sulfonamides is 1. The molecule has 4 aromatic rings. The second-order valence-electron chi connectivity index (χ2n) is 9.27. The topological polar surface area (TPSA) is 57.6 Å². The van der Waals surface area contributed by atoms with E-state index in [-0.39, 0.29) is 17.9 Å². The smallest absolute Gasteiger partial charge is 0.243 e. The molecule has 0 fully saturated rings. The van der Waals surface area contributed by atoms with Crippen LogP contribution < -0.4 is 0 Å². The zero-order chi connectivity index (χ0) is 27.9. The van der Waals surface area contributed by atoms with Gasteiger partial charge in [-0.05, 0) is 60.9 Å². The Morgan fingerprint density at radius 2 is 1.51 bits per heavy atom. The lowest BCUT2D eigenvalue weighted by atomic mass is 9.83. The van der Waals surface area contributed by atoms with Crippen LogP contribution in [0.25, 0.3) is 0 Å². The van der Waals surface area contributed by atoms with Crippen molar-refractivity contribution < 1.29 is 13.5 Å². The van der Waals surface area contributed by atoms with Crippen LogP contribution in [-0.2, 0) is 22.0 Å². The van der Waals surface area contributed by atoms with Gasteiger partial charge in [0.15, 0.2) is 5.60 Å². The third kappa shape index (κ3) is 6.76. The van der Waals surface area contributed by atoms with Crippen molar-refractivity contribution in [1.29, 1.82) is 0 Å². The van der Waals surface area contributed by atoms with Gasteiger partial charge in [-0.3, -0.25) is 0 Å². The minimum absolute atomic E-state index is 0.0111. The maximum atomic E-state index is 14.2. The van der Waals surface area contributed by atoms with Crippen molar-refractivity contribution in [1.82, 2.24) is 4.31 Å². The van der Waals surface area contributed by atoms with E-state index in [0.717, 1.165) is 15.6 Å². The number of aryl methyl sites for hydroxylation is 1. The molecule has 0 spiro atoms. The molecule has 0 heterocycles. The first kappa shape index (κ1) is 28.5. The van der Waals surface area contributed by atoms with Gasteiger partial charge in [-0.1, -0.05) is 112 Å². The van der Waals surface area contributed by atoms with E-state index in [4.69, 9.17) is 0 Å². The number of benzene rings is 4. The predicted molar refractivity (Wildman–Crippen MR) is 161 cm³/mol. The summed E-state index contributed by atoms with van der Waals surface area (Å²) in [5.41, 5.74) is 1.17. The lowest BCUT2D eigenvalue weighted by Crippen LogP contribution is -2.53. The van der Waals surface area contributed by atoms with Crippen LogP contribution in [0.15, 0.2) is 131 Å². The van der Waals surface area contributed by atoms with Crippen LogP contribution in [0.4, 0.5) is 0 Å². The fraction of sp³-hybridized carbons (Fsp3) is 0.152. The summed E-state index contributed by atoms with van der Waals surface area (Å²) in [5, 5.41) is 12.5. The molecular formula is C33H30BrNO3S. The summed E-state index contributed by atoms with van der Waals surface area (Å²) in [6.07, 6.45) is 1.76. The van der Waals surface area contributed by atoms with Gasteiger partial charge in [0.05, 0.1) is 10.9 Å². The van der Waals surface area contributed by atoms with Crippen LogP contribution in [0.2, 0.25) is 0 Å². The highest BCUT2D eigenvalue weighted by Gasteiger charge is 2.45. The molecule has 4 aromatic carbocycles. The molecule has 2 unspecified atom stereocenters. The molecule has 0 amide bonds. The number of aliphatic hydroxyl groups is 1. The Kier molecular flexibility index (Phi) is 9.21. The summed E-state index contributed by atoms with van der Waals surface area (Å²) in [5.74, 6) is 6.19. The van der Waals surface area contributed by atoms with Gasteiger partial charge in [-0.2, -0.15) is 4.31 Å². The molecule has 4 rings (SSSR count). The second-order valence-corrected chi connectivity index (χ2v) is 12.1. The number of hydrogen-bond acceptors (Lipinski definition) is 3. The van der Waals surface area contributed by atoms with Crippen LogP contribution >= 0.6 is 15.9 Å². The van der Waals surface area contributed by atoms with E-state index in [0.29, 0.717) is 11.1 Å². The van der Waals surface area contributed by atoms with Crippen molar-refractivity contribution >= 4 is 26.0 Å². The first-order chi connectivity index (χ1) is 18.7. The zero-order valence-corrected chi connectivity index (χ0v) is 24.1. The van der Waals surface area contributed by atoms with Crippen LogP contribution in [0.3, 0.4) is 0 Å². The summed E-state index contributed by atoms with van der Waals surface area (Å²) >= 11 is 3.44. The maximum Gasteiger partial charge on any atom is 0.243 e. The van der Waals surface area contributed by atoms with Crippen LogP contribution in [0.5, 0.6) is 0 Å². The van der Waals surface area contributed by atoms with Crippen molar-refractivity contribution in [3.05, 3.63) is 149 Å². The Morgan fingerprint density at radius 3 is 2.10 bits per heavy atom. The van der Waals surface area contributed by atoms with Gasteiger partial charge >= 0.3 is 0 Å². The van der Waals surface area contributed by atoms with Crippen molar-refractivity contribution in [2.24, 2.45) is 0 Å². The van der Waals surface area contributed by atoms with E-state index in [1.807, 2.05) is 79.7 Å². The lowest BCUT2D eigenvalue weighted by Gasteiger charge is -2.39. The van der Waals surface area contributed by atoms with Crippen molar-refractivity contribution in [3.8, 4) is 11.8 Å². The zero-order valence-electron chi connectivity index (χ0n) is 21.7. The van der Waals surface area contributed by atoms with Crippen molar-refractivity contribution in [3.63, 3.8) is 0 Å². The SMILES string of the molecule is C=CCN(C(Cc1ccccc1)C(O)(C#Cc1ccc(Br)cc1)c1ccccc1)S(=O)(=O)c1ccc(C)cc1. The third-order valence-corrected chi connectivity index (χ3v) is 8.91. The fourth-order valence-corrected chi connectivity index (χ4v) is 6.28. The van der Waals surface area contributed by atoms with E-state index < -0.39 is 21.7 Å². The molecule has 198 valence electrons. The van der Waals surface area contributed by atoms with Gasteiger partial charge in [0.2, 0.25) is 10.0 Å². The average molecular weight is 601 g/mol. The number of hydrogen-bond donors (Lipinski definition) is 1. The maximum absolute atomic E-state index is 14.2. The molecule has 0 radical (unpaired) electrons. The highest BCUT2D eigenvalue weighted by atomic mass is 79.9. The Labute approximate surface area is 239 Å². The minimum atomic E-state index is -4.05. The van der Waals surface area contributed by atoms with E-state index in [1.54, 1.807) is 36.4 Å². The number of rotatable bonds is 9. The number of nitrogens with zero attached hydrogens (tertiary/aromatic N) is 1. The minimum Gasteiger partial charge on any atom is -0.372 e. The summed E-state index contributed by atoms with van der Waals surface area (Å²) in [6.45, 7) is 5.73. The molecule has 0 aromatic heterocycles. The Bertz CT molecular complexity index is 1560. The van der Waals surface area contributed by atoms with Crippen molar-refractivity contribution in [2.75, 3.05) is 6.54 Å². The summed E-state index contributed by atoms with van der Waals surface area (Å²) in [6, 6.07) is 31.7. The predicted octanol–water partition coefficient (Wildman–Crippen LogP) is 6.49. The van der Waals surface area contributed by atoms with Gasteiger partial charge in [0.1, 0.15) is 0 Å². The lowest BCUT2D eigenvalue weighted by molar-refractivity contribution is 0.0265. The largest absolute Gasteiger partial charge is 0.372 e. The van der Waals surface area contributed by atoms with Gasteiger partial charge in [-0.25, -0.2) is 8.42 Å². The molecule has 0 saturated heterocycles. The Morgan fingerprint density at radius 1 is 0.923 bits per heavy atom. The Balaban J connectivity index is 1.95. The summed E-state index contributed by atoms with van der Waals surface area (Å²) < 4.78 is 30.6. The van der Waals surface area contributed by atoms with E-state index >= 15 is 0 Å². The molecule has 0 aliphatic rings. The fourth-order valence-electron chi connectivity index (χ4n) is 4.40. The first-order valence-corrected chi connectivity index (χ1v) is 14.8. The molecule has 39 heavy (non-hydrogen) atoms. The van der Waals surface area contributed by atoms with E-state index in [1.165, 1.54) is 10.4 Å². The van der Waals surface area contributed by atoms with Crippen LogP contribution in [-0.4, -0.2) is 30.4 Å². The summed E-state index contributed by atoms with van der Waals surface area (Å²) in [4.78, 5) is 0.143. The molecule has 4 nitrogen and oxygen atoms in total. The molecule has 0 bridgehead atoms. The van der Waals surface area contributed by atoms with E-state index in [2.05, 4.69) is 34.3 Å². The molecule has 1 N–H and O–H groups in total.